The van der Waals surface area contributed by atoms with E-state index in [1.807, 2.05) is 20.8 Å². The van der Waals surface area contributed by atoms with Gasteiger partial charge < -0.3 is 15.0 Å². The Labute approximate surface area is 198 Å². The monoisotopic (exact) mass is 484 g/mol. The van der Waals surface area contributed by atoms with Crippen LogP contribution in [0.4, 0.5) is 0 Å². The van der Waals surface area contributed by atoms with Crippen molar-refractivity contribution in [3.63, 3.8) is 0 Å². The average Bonchev–Trinajstić information content (AvgIpc) is 2.74. The number of rotatable bonds is 10. The van der Waals surface area contributed by atoms with Gasteiger partial charge in [0.1, 0.15) is 11.8 Å². The molecule has 0 aliphatic rings. The fourth-order valence-corrected chi connectivity index (χ4v) is 3.71. The first-order chi connectivity index (χ1) is 14.8. The standard InChI is InChI=1S/C23H27Cl3N2O3/c1-4-15(3)27-23(30)20(5-2)28(13-16-17(24)10-8-11-18(16)25)22(29)14-31-21-12-7-6-9-19(21)26/h6-12,15,20H,4-5,13-14H2,1-3H3,(H,27,30)/t15-,20-/m1/s1. The Bertz CT molecular complexity index is 887. The first kappa shape index (κ1) is 25.3. The Morgan fingerprint density at radius 2 is 1.58 bits per heavy atom. The fraction of sp³-hybridized carbons (Fsp3) is 0.391. The van der Waals surface area contributed by atoms with Crippen LogP contribution < -0.4 is 10.1 Å². The van der Waals surface area contributed by atoms with Gasteiger partial charge >= 0.3 is 0 Å². The molecule has 2 amide bonds. The van der Waals surface area contributed by atoms with Crippen LogP contribution in [0.1, 0.15) is 39.2 Å². The second-order valence-electron chi connectivity index (χ2n) is 7.18. The molecule has 0 aliphatic heterocycles. The molecule has 31 heavy (non-hydrogen) atoms. The smallest absolute Gasteiger partial charge is 0.261 e. The number of amides is 2. The molecule has 0 saturated heterocycles. The minimum Gasteiger partial charge on any atom is -0.482 e. The molecule has 0 bridgehead atoms. The zero-order chi connectivity index (χ0) is 23.0. The molecule has 0 aromatic heterocycles. The van der Waals surface area contributed by atoms with E-state index in [4.69, 9.17) is 39.5 Å². The summed E-state index contributed by atoms with van der Waals surface area (Å²) in [5.41, 5.74) is 0.576. The van der Waals surface area contributed by atoms with Crippen LogP contribution in [-0.2, 0) is 16.1 Å². The van der Waals surface area contributed by atoms with Crippen LogP contribution in [0.2, 0.25) is 15.1 Å². The van der Waals surface area contributed by atoms with Crippen molar-refractivity contribution >= 4 is 46.6 Å². The summed E-state index contributed by atoms with van der Waals surface area (Å²) in [4.78, 5) is 27.6. The predicted octanol–water partition coefficient (Wildman–Crippen LogP) is 5.75. The van der Waals surface area contributed by atoms with Crippen LogP contribution in [0.5, 0.6) is 5.75 Å². The SMILES string of the molecule is CC[C@@H](C)NC(=O)[C@@H](CC)N(Cc1c(Cl)cccc1Cl)C(=O)COc1ccccc1Cl. The highest BCUT2D eigenvalue weighted by molar-refractivity contribution is 6.36. The number of nitrogens with one attached hydrogen (secondary N) is 1. The van der Waals surface area contributed by atoms with E-state index in [1.54, 1.807) is 42.5 Å². The summed E-state index contributed by atoms with van der Waals surface area (Å²) in [6, 6.07) is 11.3. The molecular formula is C23H27Cl3N2O3. The average molecular weight is 486 g/mol. The lowest BCUT2D eigenvalue weighted by atomic mass is 10.1. The normalized spacial score (nSPS) is 12.7. The molecular weight excluding hydrogens is 459 g/mol. The lowest BCUT2D eigenvalue weighted by molar-refractivity contribution is -0.143. The van der Waals surface area contributed by atoms with Crippen molar-refractivity contribution in [1.29, 1.82) is 0 Å². The number of nitrogens with zero attached hydrogens (tertiary/aromatic N) is 1. The second-order valence-corrected chi connectivity index (χ2v) is 8.40. The summed E-state index contributed by atoms with van der Waals surface area (Å²) >= 11 is 18.8. The number of ether oxygens (including phenoxy) is 1. The summed E-state index contributed by atoms with van der Waals surface area (Å²) < 4.78 is 5.63. The van der Waals surface area contributed by atoms with Gasteiger partial charge in [-0.15, -0.1) is 0 Å². The van der Waals surface area contributed by atoms with Gasteiger partial charge in [-0.3, -0.25) is 9.59 Å². The van der Waals surface area contributed by atoms with Gasteiger partial charge in [0.05, 0.1) is 5.02 Å². The number of carbonyl (C=O) groups excluding carboxylic acids is 2. The maximum absolute atomic E-state index is 13.2. The predicted molar refractivity (Wildman–Crippen MR) is 126 cm³/mol. The summed E-state index contributed by atoms with van der Waals surface area (Å²) in [6.45, 7) is 5.55. The van der Waals surface area contributed by atoms with E-state index in [1.165, 1.54) is 4.90 Å². The number of hydrogen-bond donors (Lipinski definition) is 1. The molecule has 5 nitrogen and oxygen atoms in total. The number of hydrogen-bond acceptors (Lipinski definition) is 3. The zero-order valence-corrected chi connectivity index (χ0v) is 20.1. The van der Waals surface area contributed by atoms with Gasteiger partial charge in [-0.25, -0.2) is 0 Å². The van der Waals surface area contributed by atoms with Crippen LogP contribution in [-0.4, -0.2) is 35.4 Å². The number of carbonyl (C=O) groups is 2. The lowest BCUT2D eigenvalue weighted by Crippen LogP contribution is -2.51. The minimum atomic E-state index is -0.705. The number of benzene rings is 2. The molecule has 2 atom stereocenters. The largest absolute Gasteiger partial charge is 0.482 e. The molecule has 0 heterocycles. The zero-order valence-electron chi connectivity index (χ0n) is 17.8. The summed E-state index contributed by atoms with van der Waals surface area (Å²) in [6.07, 6.45) is 1.20. The van der Waals surface area contributed by atoms with Crippen LogP contribution in [0.25, 0.3) is 0 Å². The van der Waals surface area contributed by atoms with Gasteiger partial charge in [0.15, 0.2) is 6.61 Å². The fourth-order valence-electron chi connectivity index (χ4n) is 3.00. The quantitative estimate of drug-likeness (QED) is 0.466. The molecule has 0 unspecified atom stereocenters. The summed E-state index contributed by atoms with van der Waals surface area (Å²) in [7, 11) is 0. The van der Waals surface area contributed by atoms with Crippen molar-refractivity contribution in [3.8, 4) is 5.75 Å². The first-order valence-electron chi connectivity index (χ1n) is 10.2. The highest BCUT2D eigenvalue weighted by atomic mass is 35.5. The Balaban J connectivity index is 2.30. The van der Waals surface area contributed by atoms with Crippen LogP contribution in [0.3, 0.4) is 0 Å². The maximum Gasteiger partial charge on any atom is 0.261 e. The Morgan fingerprint density at radius 1 is 0.968 bits per heavy atom. The van der Waals surface area contributed by atoms with Crippen molar-refractivity contribution in [2.75, 3.05) is 6.61 Å². The van der Waals surface area contributed by atoms with E-state index < -0.39 is 6.04 Å². The van der Waals surface area contributed by atoms with E-state index in [0.29, 0.717) is 32.8 Å². The first-order valence-corrected chi connectivity index (χ1v) is 11.3. The van der Waals surface area contributed by atoms with Gasteiger partial charge in [0, 0.05) is 28.2 Å². The third-order valence-electron chi connectivity index (χ3n) is 4.96. The molecule has 0 fully saturated rings. The van der Waals surface area contributed by atoms with Crippen molar-refractivity contribution in [2.24, 2.45) is 0 Å². The van der Waals surface area contributed by atoms with Gasteiger partial charge in [-0.2, -0.15) is 0 Å². The van der Waals surface area contributed by atoms with Crippen molar-refractivity contribution in [3.05, 3.63) is 63.1 Å². The highest BCUT2D eigenvalue weighted by Crippen LogP contribution is 2.28. The van der Waals surface area contributed by atoms with E-state index in [-0.39, 0.29) is 31.0 Å². The van der Waals surface area contributed by atoms with Gasteiger partial charge in [0.2, 0.25) is 5.91 Å². The molecule has 168 valence electrons. The van der Waals surface area contributed by atoms with E-state index in [2.05, 4.69) is 5.32 Å². The Morgan fingerprint density at radius 3 is 2.16 bits per heavy atom. The topological polar surface area (TPSA) is 58.6 Å². The molecule has 0 aliphatic carbocycles. The number of halogens is 3. The Hall–Kier alpha value is -1.95. The van der Waals surface area contributed by atoms with Crippen molar-refractivity contribution in [1.82, 2.24) is 10.2 Å². The van der Waals surface area contributed by atoms with Gasteiger partial charge in [-0.05, 0) is 44.0 Å². The summed E-state index contributed by atoms with van der Waals surface area (Å²) in [5.74, 6) is -0.210. The van der Waals surface area contributed by atoms with E-state index in [9.17, 15) is 9.59 Å². The van der Waals surface area contributed by atoms with Crippen LogP contribution in [0, 0.1) is 0 Å². The molecule has 2 aromatic carbocycles. The molecule has 2 rings (SSSR count). The molecule has 1 N–H and O–H groups in total. The maximum atomic E-state index is 13.2. The third-order valence-corrected chi connectivity index (χ3v) is 5.99. The van der Waals surface area contributed by atoms with E-state index in [0.717, 1.165) is 6.42 Å². The molecule has 0 saturated carbocycles. The van der Waals surface area contributed by atoms with Crippen molar-refractivity contribution in [2.45, 2.75) is 52.2 Å². The lowest BCUT2D eigenvalue weighted by Gasteiger charge is -2.32. The van der Waals surface area contributed by atoms with Crippen LogP contribution in [0.15, 0.2) is 42.5 Å². The number of para-hydroxylation sites is 1. The van der Waals surface area contributed by atoms with E-state index >= 15 is 0 Å². The van der Waals surface area contributed by atoms with Crippen LogP contribution >= 0.6 is 34.8 Å². The summed E-state index contributed by atoms with van der Waals surface area (Å²) in [5, 5.41) is 4.20. The molecule has 8 heteroatoms. The third kappa shape index (κ3) is 7.03. The second kappa shape index (κ2) is 12.2. The molecule has 0 radical (unpaired) electrons. The van der Waals surface area contributed by atoms with Gasteiger partial charge in [-0.1, -0.05) is 66.8 Å². The Kier molecular flexibility index (Phi) is 9.94. The van der Waals surface area contributed by atoms with Gasteiger partial charge in [0.25, 0.3) is 5.91 Å². The van der Waals surface area contributed by atoms with Crippen molar-refractivity contribution < 1.29 is 14.3 Å². The highest BCUT2D eigenvalue weighted by Gasteiger charge is 2.30. The molecule has 2 aromatic rings. The minimum absolute atomic E-state index is 0.0122. The molecule has 0 spiro atoms.